The number of benzene rings is 1. The SMILES string of the molecule is c1cc(C23CC(C4CCCCC4)(C2)C3)ccc1C12CC(C3CCCCC3)(C1)C2. The summed E-state index contributed by atoms with van der Waals surface area (Å²) in [6.07, 6.45) is 24.4. The second-order valence-corrected chi connectivity index (χ2v) is 12.6. The molecule has 1 aromatic carbocycles. The second kappa shape index (κ2) is 5.47. The second-order valence-electron chi connectivity index (χ2n) is 12.6. The molecule has 8 aliphatic rings. The Morgan fingerprint density at radius 3 is 1.11 bits per heavy atom. The van der Waals surface area contributed by atoms with Gasteiger partial charge >= 0.3 is 0 Å². The molecule has 0 heterocycles. The normalized spacial score (nSPS) is 47.4. The van der Waals surface area contributed by atoms with Gasteiger partial charge in [-0.25, -0.2) is 0 Å². The summed E-state index contributed by atoms with van der Waals surface area (Å²) in [5.74, 6) is 2.17. The standard InChI is InChI=1S/C28H38/c1-3-7-21(8-4-1)25-15-27(16-25,17-25)23-11-13-24(14-12-23)28-18-26(19-28,20-28)22-9-5-2-6-10-22/h11-14,21-22H,1-10,15-20H2. The third kappa shape index (κ3) is 2.04. The van der Waals surface area contributed by atoms with Gasteiger partial charge in [0.1, 0.15) is 0 Å². The smallest absolute Gasteiger partial charge is 0.00308 e. The van der Waals surface area contributed by atoms with Gasteiger partial charge in [-0.3, -0.25) is 0 Å². The first-order valence-electron chi connectivity index (χ1n) is 12.8. The van der Waals surface area contributed by atoms with Gasteiger partial charge in [-0.05, 0) is 109 Å². The molecule has 8 aliphatic carbocycles. The summed E-state index contributed by atoms with van der Waals surface area (Å²) in [7, 11) is 0. The molecular weight excluding hydrogens is 336 g/mol. The summed E-state index contributed by atoms with van der Waals surface area (Å²) in [4.78, 5) is 0. The summed E-state index contributed by atoms with van der Waals surface area (Å²) in [6.45, 7) is 0. The van der Waals surface area contributed by atoms with Crippen LogP contribution in [0.3, 0.4) is 0 Å². The van der Waals surface area contributed by atoms with Crippen LogP contribution in [0.15, 0.2) is 24.3 Å². The Morgan fingerprint density at radius 2 is 0.786 bits per heavy atom. The lowest BCUT2D eigenvalue weighted by Gasteiger charge is -2.75. The Labute approximate surface area is 171 Å². The van der Waals surface area contributed by atoms with Crippen LogP contribution >= 0.6 is 0 Å². The predicted octanol–water partition coefficient (Wildman–Crippen LogP) is 7.69. The minimum absolute atomic E-state index is 0.610. The lowest BCUT2D eigenvalue weighted by atomic mass is 9.29. The molecule has 0 amide bonds. The Kier molecular flexibility index (Phi) is 3.31. The summed E-state index contributed by atoms with van der Waals surface area (Å²) in [5, 5.41) is 0. The number of rotatable bonds is 4. The fourth-order valence-corrected chi connectivity index (χ4v) is 9.82. The highest BCUT2D eigenvalue weighted by atomic mass is 14.8. The molecule has 0 N–H and O–H groups in total. The van der Waals surface area contributed by atoms with E-state index in [1.54, 1.807) is 36.8 Å². The average molecular weight is 375 g/mol. The molecule has 0 saturated heterocycles. The van der Waals surface area contributed by atoms with E-state index in [1.165, 1.54) is 77.0 Å². The van der Waals surface area contributed by atoms with Crippen LogP contribution in [0.5, 0.6) is 0 Å². The number of hydrogen-bond donors (Lipinski definition) is 0. The van der Waals surface area contributed by atoms with Crippen molar-refractivity contribution in [3.63, 3.8) is 0 Å². The lowest BCUT2D eigenvalue weighted by molar-refractivity contribution is -0.189. The molecule has 0 aliphatic heterocycles. The molecule has 8 saturated carbocycles. The van der Waals surface area contributed by atoms with Gasteiger partial charge in [-0.15, -0.1) is 0 Å². The first-order chi connectivity index (χ1) is 13.7. The monoisotopic (exact) mass is 374 g/mol. The first kappa shape index (κ1) is 17.0. The van der Waals surface area contributed by atoms with Crippen molar-refractivity contribution in [1.29, 1.82) is 0 Å². The maximum Gasteiger partial charge on any atom is -0.00308 e. The zero-order valence-corrected chi connectivity index (χ0v) is 17.8. The summed E-state index contributed by atoms with van der Waals surface area (Å²) < 4.78 is 0. The maximum absolute atomic E-state index is 2.56. The molecule has 0 spiro atoms. The predicted molar refractivity (Wildman–Crippen MR) is 116 cm³/mol. The molecule has 1 aromatic rings. The lowest BCUT2D eigenvalue weighted by Crippen LogP contribution is -2.68. The minimum atomic E-state index is 0.610. The third-order valence-corrected chi connectivity index (χ3v) is 11.2. The Hall–Kier alpha value is -0.780. The fourth-order valence-electron chi connectivity index (χ4n) is 9.82. The van der Waals surface area contributed by atoms with Gasteiger partial charge in [0.05, 0.1) is 0 Å². The van der Waals surface area contributed by atoms with Crippen molar-refractivity contribution in [3.05, 3.63) is 35.4 Å². The summed E-state index contributed by atoms with van der Waals surface area (Å²) in [6, 6.07) is 10.2. The van der Waals surface area contributed by atoms with Crippen LogP contribution in [0.4, 0.5) is 0 Å². The van der Waals surface area contributed by atoms with E-state index in [-0.39, 0.29) is 0 Å². The zero-order valence-electron chi connectivity index (χ0n) is 17.8. The molecule has 0 radical (unpaired) electrons. The molecular formula is C28H38. The molecule has 0 nitrogen and oxygen atoms in total. The molecule has 0 aromatic heterocycles. The summed E-state index contributed by atoms with van der Waals surface area (Å²) >= 11 is 0. The molecule has 8 fully saturated rings. The Bertz CT molecular complexity index is 664. The minimum Gasteiger partial charge on any atom is -0.0582 e. The highest BCUT2D eigenvalue weighted by Gasteiger charge is 2.71. The van der Waals surface area contributed by atoms with E-state index in [2.05, 4.69) is 24.3 Å². The molecule has 150 valence electrons. The summed E-state index contributed by atoms with van der Waals surface area (Å²) in [5.41, 5.74) is 6.20. The van der Waals surface area contributed by atoms with Crippen LogP contribution in [-0.4, -0.2) is 0 Å². The van der Waals surface area contributed by atoms with Gasteiger partial charge in [-0.1, -0.05) is 62.8 Å². The van der Waals surface area contributed by atoms with E-state index >= 15 is 0 Å². The van der Waals surface area contributed by atoms with E-state index in [1.807, 2.05) is 0 Å². The molecule has 0 heteroatoms. The van der Waals surface area contributed by atoms with Gasteiger partial charge in [-0.2, -0.15) is 0 Å². The van der Waals surface area contributed by atoms with Crippen LogP contribution in [-0.2, 0) is 10.8 Å². The van der Waals surface area contributed by atoms with Crippen molar-refractivity contribution in [2.75, 3.05) is 0 Å². The van der Waals surface area contributed by atoms with Crippen molar-refractivity contribution < 1.29 is 0 Å². The third-order valence-electron chi connectivity index (χ3n) is 11.2. The highest BCUT2D eigenvalue weighted by molar-refractivity contribution is 5.45. The maximum atomic E-state index is 2.56. The van der Waals surface area contributed by atoms with E-state index in [0.29, 0.717) is 10.8 Å². The fraction of sp³-hybridized carbons (Fsp3) is 0.786. The molecule has 28 heavy (non-hydrogen) atoms. The van der Waals surface area contributed by atoms with Crippen molar-refractivity contribution in [3.8, 4) is 0 Å². The Balaban J connectivity index is 1.01. The van der Waals surface area contributed by atoms with Gasteiger partial charge in [0, 0.05) is 0 Å². The van der Waals surface area contributed by atoms with E-state index in [0.717, 1.165) is 22.7 Å². The van der Waals surface area contributed by atoms with Crippen LogP contribution in [0, 0.1) is 22.7 Å². The highest BCUT2D eigenvalue weighted by Crippen LogP contribution is 2.79. The van der Waals surface area contributed by atoms with Crippen molar-refractivity contribution >= 4 is 0 Å². The quantitative estimate of drug-likeness (QED) is 0.506. The molecule has 9 rings (SSSR count). The number of hydrogen-bond acceptors (Lipinski definition) is 0. The first-order valence-corrected chi connectivity index (χ1v) is 12.8. The van der Waals surface area contributed by atoms with Gasteiger partial charge in [0.15, 0.2) is 0 Å². The zero-order chi connectivity index (χ0) is 18.5. The van der Waals surface area contributed by atoms with Crippen molar-refractivity contribution in [1.82, 2.24) is 0 Å². The van der Waals surface area contributed by atoms with Crippen LogP contribution in [0.25, 0.3) is 0 Å². The molecule has 4 bridgehead atoms. The van der Waals surface area contributed by atoms with Crippen LogP contribution in [0.1, 0.15) is 114 Å². The van der Waals surface area contributed by atoms with Crippen LogP contribution < -0.4 is 0 Å². The molecule has 0 atom stereocenters. The van der Waals surface area contributed by atoms with E-state index < -0.39 is 0 Å². The van der Waals surface area contributed by atoms with E-state index in [4.69, 9.17) is 0 Å². The van der Waals surface area contributed by atoms with Gasteiger partial charge in [0.2, 0.25) is 0 Å². The Morgan fingerprint density at radius 1 is 0.464 bits per heavy atom. The average Bonchev–Trinajstić information content (AvgIpc) is 2.61. The largest absolute Gasteiger partial charge is 0.0582 e. The van der Waals surface area contributed by atoms with Crippen LogP contribution in [0.2, 0.25) is 0 Å². The van der Waals surface area contributed by atoms with Gasteiger partial charge < -0.3 is 0 Å². The van der Waals surface area contributed by atoms with E-state index in [9.17, 15) is 0 Å². The molecule has 0 unspecified atom stereocenters. The van der Waals surface area contributed by atoms with Crippen molar-refractivity contribution in [2.24, 2.45) is 22.7 Å². The van der Waals surface area contributed by atoms with Gasteiger partial charge in [0.25, 0.3) is 0 Å². The topological polar surface area (TPSA) is 0 Å². The van der Waals surface area contributed by atoms with Crippen molar-refractivity contribution in [2.45, 2.75) is 114 Å².